The number of morpholine rings is 1. The van der Waals surface area contributed by atoms with Gasteiger partial charge in [-0.05, 0) is 12.1 Å². The van der Waals surface area contributed by atoms with Crippen LogP contribution in [0, 0.1) is 0 Å². The predicted octanol–water partition coefficient (Wildman–Crippen LogP) is -0.266. The van der Waals surface area contributed by atoms with Gasteiger partial charge in [-0.1, -0.05) is 0 Å². The van der Waals surface area contributed by atoms with Crippen molar-refractivity contribution in [3.05, 3.63) is 17.0 Å². The van der Waals surface area contributed by atoms with Gasteiger partial charge < -0.3 is 15.4 Å². The van der Waals surface area contributed by atoms with Crippen LogP contribution in [-0.2, 0) is 26.1 Å². The SMILES string of the molecule is NCc1ccc(S(=O)(=O)NCCC(=O)N2CCOCC2)s1. The largest absolute Gasteiger partial charge is 0.378 e. The second kappa shape index (κ2) is 7.32. The fourth-order valence-electron chi connectivity index (χ4n) is 1.95. The Morgan fingerprint density at radius 2 is 2.10 bits per heavy atom. The van der Waals surface area contributed by atoms with Crippen LogP contribution >= 0.6 is 11.3 Å². The van der Waals surface area contributed by atoms with Crippen molar-refractivity contribution < 1.29 is 17.9 Å². The van der Waals surface area contributed by atoms with Gasteiger partial charge in [0.05, 0.1) is 13.2 Å². The fourth-order valence-corrected chi connectivity index (χ4v) is 4.26. The van der Waals surface area contributed by atoms with Crippen LogP contribution in [0.4, 0.5) is 0 Å². The number of carbonyl (C=O) groups excluding carboxylic acids is 1. The van der Waals surface area contributed by atoms with E-state index in [2.05, 4.69) is 4.72 Å². The van der Waals surface area contributed by atoms with Gasteiger partial charge in [-0.2, -0.15) is 0 Å². The summed E-state index contributed by atoms with van der Waals surface area (Å²) in [5.41, 5.74) is 5.46. The lowest BCUT2D eigenvalue weighted by Gasteiger charge is -2.26. The summed E-state index contributed by atoms with van der Waals surface area (Å²) in [6, 6.07) is 3.22. The number of nitrogens with two attached hydrogens (primary N) is 1. The molecule has 2 rings (SSSR count). The zero-order valence-electron chi connectivity index (χ0n) is 11.6. The highest BCUT2D eigenvalue weighted by atomic mass is 32.2. The Morgan fingerprint density at radius 3 is 2.71 bits per heavy atom. The quantitative estimate of drug-likeness (QED) is 0.746. The number of rotatable bonds is 6. The van der Waals surface area contributed by atoms with Gasteiger partial charge in [0, 0.05) is 37.5 Å². The number of nitrogens with one attached hydrogen (secondary N) is 1. The highest BCUT2D eigenvalue weighted by Crippen LogP contribution is 2.20. The summed E-state index contributed by atoms with van der Waals surface area (Å²) < 4.78 is 31.9. The summed E-state index contributed by atoms with van der Waals surface area (Å²) in [7, 11) is -3.56. The van der Waals surface area contributed by atoms with E-state index in [-0.39, 0.29) is 23.1 Å². The monoisotopic (exact) mass is 333 g/mol. The number of amides is 1. The summed E-state index contributed by atoms with van der Waals surface area (Å²) in [5, 5.41) is 0. The van der Waals surface area contributed by atoms with Crippen molar-refractivity contribution in [3.8, 4) is 0 Å². The van der Waals surface area contributed by atoms with E-state index in [1.165, 1.54) is 6.07 Å². The van der Waals surface area contributed by atoms with Crippen molar-refractivity contribution in [1.29, 1.82) is 0 Å². The molecule has 0 atom stereocenters. The number of hydrogen-bond acceptors (Lipinski definition) is 6. The molecule has 7 nitrogen and oxygen atoms in total. The zero-order chi connectivity index (χ0) is 15.3. The van der Waals surface area contributed by atoms with Crippen molar-refractivity contribution in [2.75, 3.05) is 32.8 Å². The Balaban J connectivity index is 1.82. The molecule has 0 radical (unpaired) electrons. The number of nitrogens with zero attached hydrogens (tertiary/aromatic N) is 1. The van der Waals surface area contributed by atoms with Crippen molar-refractivity contribution in [2.24, 2.45) is 5.73 Å². The molecule has 0 aliphatic carbocycles. The summed E-state index contributed by atoms with van der Waals surface area (Å²) >= 11 is 1.14. The number of ether oxygens (including phenoxy) is 1. The maximum atomic E-state index is 12.0. The normalized spacial score (nSPS) is 16.1. The molecule has 1 saturated heterocycles. The van der Waals surface area contributed by atoms with Crippen molar-refractivity contribution >= 4 is 27.3 Å². The molecule has 0 saturated carbocycles. The van der Waals surface area contributed by atoms with E-state index in [1.807, 2.05) is 0 Å². The second-order valence-corrected chi connectivity index (χ2v) is 7.73. The van der Waals surface area contributed by atoms with Gasteiger partial charge in [0.15, 0.2) is 0 Å². The van der Waals surface area contributed by atoms with E-state index in [0.29, 0.717) is 32.8 Å². The van der Waals surface area contributed by atoms with E-state index in [0.717, 1.165) is 16.2 Å². The Bertz CT molecular complexity index is 579. The van der Waals surface area contributed by atoms with Crippen LogP contribution in [0.1, 0.15) is 11.3 Å². The molecule has 0 aromatic carbocycles. The van der Waals surface area contributed by atoms with Crippen LogP contribution in [-0.4, -0.2) is 52.1 Å². The molecule has 9 heteroatoms. The molecule has 0 bridgehead atoms. The van der Waals surface area contributed by atoms with Crippen molar-refractivity contribution in [2.45, 2.75) is 17.2 Å². The molecule has 1 amide bonds. The first-order valence-corrected chi connectivity index (χ1v) is 8.97. The van der Waals surface area contributed by atoms with Crippen LogP contribution in [0.5, 0.6) is 0 Å². The maximum absolute atomic E-state index is 12.0. The smallest absolute Gasteiger partial charge is 0.250 e. The molecule has 1 aromatic heterocycles. The Morgan fingerprint density at radius 1 is 1.38 bits per heavy atom. The second-order valence-electron chi connectivity index (χ2n) is 4.57. The highest BCUT2D eigenvalue weighted by Gasteiger charge is 2.19. The minimum absolute atomic E-state index is 0.0603. The molecule has 0 spiro atoms. The van der Waals surface area contributed by atoms with E-state index in [1.54, 1.807) is 11.0 Å². The van der Waals surface area contributed by atoms with E-state index in [9.17, 15) is 13.2 Å². The third-order valence-electron chi connectivity index (χ3n) is 3.10. The lowest BCUT2D eigenvalue weighted by Crippen LogP contribution is -2.41. The first kappa shape index (κ1) is 16.4. The van der Waals surface area contributed by atoms with Gasteiger partial charge in [0.1, 0.15) is 4.21 Å². The maximum Gasteiger partial charge on any atom is 0.250 e. The molecular formula is C12H19N3O4S2. The Kier molecular flexibility index (Phi) is 5.71. The topological polar surface area (TPSA) is 102 Å². The number of hydrogen-bond donors (Lipinski definition) is 2. The summed E-state index contributed by atoms with van der Waals surface area (Å²) in [6.07, 6.45) is 0.147. The van der Waals surface area contributed by atoms with Crippen LogP contribution in [0.15, 0.2) is 16.3 Å². The minimum Gasteiger partial charge on any atom is -0.378 e. The predicted molar refractivity (Wildman–Crippen MR) is 79.4 cm³/mol. The van der Waals surface area contributed by atoms with Crippen LogP contribution < -0.4 is 10.5 Å². The summed E-state index contributed by atoms with van der Waals surface area (Å²) in [6.45, 7) is 2.61. The molecule has 1 aromatic rings. The van der Waals surface area contributed by atoms with Gasteiger partial charge in [-0.3, -0.25) is 4.79 Å². The Hall–Kier alpha value is -1.00. The van der Waals surface area contributed by atoms with Gasteiger partial charge in [-0.25, -0.2) is 13.1 Å². The van der Waals surface area contributed by atoms with Crippen LogP contribution in [0.3, 0.4) is 0 Å². The molecule has 1 aliphatic heterocycles. The molecule has 118 valence electrons. The number of thiophene rings is 1. The average Bonchev–Trinajstić information content (AvgIpc) is 2.98. The molecule has 21 heavy (non-hydrogen) atoms. The van der Waals surface area contributed by atoms with E-state index >= 15 is 0 Å². The van der Waals surface area contributed by atoms with E-state index < -0.39 is 10.0 Å². The first-order chi connectivity index (χ1) is 10.0. The fraction of sp³-hybridized carbons (Fsp3) is 0.583. The van der Waals surface area contributed by atoms with Gasteiger partial charge in [0.25, 0.3) is 0 Å². The molecular weight excluding hydrogens is 314 g/mol. The number of carbonyl (C=O) groups is 1. The lowest BCUT2D eigenvalue weighted by atomic mass is 10.3. The highest BCUT2D eigenvalue weighted by molar-refractivity contribution is 7.91. The van der Waals surface area contributed by atoms with Crippen LogP contribution in [0.2, 0.25) is 0 Å². The van der Waals surface area contributed by atoms with Crippen LogP contribution in [0.25, 0.3) is 0 Å². The third-order valence-corrected chi connectivity index (χ3v) is 6.16. The summed E-state index contributed by atoms with van der Waals surface area (Å²) in [4.78, 5) is 14.4. The van der Waals surface area contributed by atoms with Gasteiger partial charge >= 0.3 is 0 Å². The first-order valence-electron chi connectivity index (χ1n) is 6.67. The minimum atomic E-state index is -3.56. The molecule has 1 aliphatic rings. The third kappa shape index (κ3) is 4.48. The van der Waals surface area contributed by atoms with E-state index in [4.69, 9.17) is 10.5 Å². The lowest BCUT2D eigenvalue weighted by molar-refractivity contribution is -0.135. The summed E-state index contributed by atoms with van der Waals surface area (Å²) in [5.74, 6) is -0.0603. The Labute approximate surface area is 128 Å². The molecule has 3 N–H and O–H groups in total. The standard InChI is InChI=1S/C12H19N3O4S2/c13-9-10-1-2-12(20-10)21(17,18)14-4-3-11(16)15-5-7-19-8-6-15/h1-2,14H,3-9,13H2. The number of sulfonamides is 1. The zero-order valence-corrected chi connectivity index (χ0v) is 13.2. The van der Waals surface area contributed by atoms with Crippen molar-refractivity contribution in [1.82, 2.24) is 9.62 Å². The molecule has 0 unspecified atom stereocenters. The molecule has 1 fully saturated rings. The van der Waals surface area contributed by atoms with Crippen molar-refractivity contribution in [3.63, 3.8) is 0 Å². The van der Waals surface area contributed by atoms with Gasteiger partial charge in [-0.15, -0.1) is 11.3 Å². The average molecular weight is 333 g/mol. The van der Waals surface area contributed by atoms with Gasteiger partial charge in [0.2, 0.25) is 15.9 Å². The molecule has 2 heterocycles.